The zero-order valence-electron chi connectivity index (χ0n) is 10.3. The van der Waals surface area contributed by atoms with Gasteiger partial charge in [0.2, 0.25) is 6.10 Å². The second kappa shape index (κ2) is 4.64. The molecule has 0 aliphatic carbocycles. The number of aromatic amines is 1. The standard InChI is InChI=1S/C13H13N3O3/c1-8-9(6-14-16-8)15-13(17)12-7-18-10-4-2-3-5-11(10)19-12/h2-6,12H,7H2,1H3,(H,14,16)(H,15,17)/t12-/m1/s1. The van der Waals surface area contributed by atoms with Gasteiger partial charge in [0, 0.05) is 0 Å². The fourth-order valence-electron chi connectivity index (χ4n) is 1.84. The number of nitrogens with zero attached hydrogens (tertiary/aromatic N) is 1. The van der Waals surface area contributed by atoms with Crippen LogP contribution in [0.3, 0.4) is 0 Å². The Morgan fingerprint density at radius 2 is 2.21 bits per heavy atom. The minimum atomic E-state index is -0.663. The third-order valence-electron chi connectivity index (χ3n) is 2.89. The zero-order valence-corrected chi connectivity index (χ0v) is 10.3. The van der Waals surface area contributed by atoms with Gasteiger partial charge >= 0.3 is 0 Å². The summed E-state index contributed by atoms with van der Waals surface area (Å²) in [6.45, 7) is 2.02. The van der Waals surface area contributed by atoms with Gasteiger partial charge in [-0.1, -0.05) is 12.1 Å². The van der Waals surface area contributed by atoms with E-state index in [0.717, 1.165) is 5.69 Å². The maximum Gasteiger partial charge on any atom is 0.269 e. The lowest BCUT2D eigenvalue weighted by Gasteiger charge is -2.25. The van der Waals surface area contributed by atoms with Gasteiger partial charge in [-0.2, -0.15) is 5.10 Å². The number of carbonyl (C=O) groups is 1. The molecule has 0 spiro atoms. The maximum absolute atomic E-state index is 12.1. The maximum atomic E-state index is 12.1. The number of aryl methyl sites for hydroxylation is 1. The first-order chi connectivity index (χ1) is 9.24. The number of H-pyrrole nitrogens is 1. The fourth-order valence-corrected chi connectivity index (χ4v) is 1.84. The highest BCUT2D eigenvalue weighted by Gasteiger charge is 2.27. The molecule has 98 valence electrons. The number of aromatic nitrogens is 2. The molecule has 0 bridgehead atoms. The van der Waals surface area contributed by atoms with E-state index >= 15 is 0 Å². The molecule has 3 rings (SSSR count). The Kier molecular flexibility index (Phi) is 2.83. The normalized spacial score (nSPS) is 17.0. The van der Waals surface area contributed by atoms with Gasteiger partial charge in [-0.3, -0.25) is 9.89 Å². The number of amides is 1. The summed E-state index contributed by atoms with van der Waals surface area (Å²) < 4.78 is 11.1. The van der Waals surface area contributed by atoms with Crippen molar-refractivity contribution in [2.24, 2.45) is 0 Å². The van der Waals surface area contributed by atoms with Crippen molar-refractivity contribution in [2.75, 3.05) is 11.9 Å². The van der Waals surface area contributed by atoms with E-state index in [1.165, 1.54) is 0 Å². The van der Waals surface area contributed by atoms with E-state index in [1.807, 2.05) is 25.1 Å². The van der Waals surface area contributed by atoms with E-state index in [0.29, 0.717) is 17.2 Å². The molecule has 1 atom stereocenters. The van der Waals surface area contributed by atoms with Crippen LogP contribution in [-0.4, -0.2) is 28.8 Å². The van der Waals surface area contributed by atoms with E-state index in [-0.39, 0.29) is 12.5 Å². The first-order valence-corrected chi connectivity index (χ1v) is 5.93. The Morgan fingerprint density at radius 3 is 2.95 bits per heavy atom. The molecule has 2 heterocycles. The monoisotopic (exact) mass is 259 g/mol. The van der Waals surface area contributed by atoms with Gasteiger partial charge in [0.25, 0.3) is 5.91 Å². The van der Waals surface area contributed by atoms with Crippen LogP contribution in [0.15, 0.2) is 30.5 Å². The number of rotatable bonds is 2. The highest BCUT2D eigenvalue weighted by atomic mass is 16.6. The Morgan fingerprint density at radius 1 is 1.42 bits per heavy atom. The molecule has 0 unspecified atom stereocenters. The van der Waals surface area contributed by atoms with Crippen molar-refractivity contribution >= 4 is 11.6 Å². The molecular formula is C13H13N3O3. The average Bonchev–Trinajstić information content (AvgIpc) is 2.84. The molecule has 0 fully saturated rings. The number of nitrogens with one attached hydrogen (secondary N) is 2. The predicted molar refractivity (Wildman–Crippen MR) is 68.3 cm³/mol. The van der Waals surface area contributed by atoms with Crippen LogP contribution in [-0.2, 0) is 4.79 Å². The van der Waals surface area contributed by atoms with Crippen LogP contribution in [0.2, 0.25) is 0 Å². The number of para-hydroxylation sites is 2. The minimum Gasteiger partial charge on any atom is -0.485 e. The van der Waals surface area contributed by atoms with E-state index in [1.54, 1.807) is 12.3 Å². The van der Waals surface area contributed by atoms with Crippen molar-refractivity contribution in [3.63, 3.8) is 0 Å². The van der Waals surface area contributed by atoms with Crippen LogP contribution < -0.4 is 14.8 Å². The van der Waals surface area contributed by atoms with Crippen molar-refractivity contribution in [2.45, 2.75) is 13.0 Å². The first-order valence-electron chi connectivity index (χ1n) is 5.93. The van der Waals surface area contributed by atoms with E-state index in [9.17, 15) is 4.79 Å². The lowest BCUT2D eigenvalue weighted by atomic mass is 10.2. The van der Waals surface area contributed by atoms with Crippen LogP contribution in [0.25, 0.3) is 0 Å². The number of ether oxygens (including phenoxy) is 2. The second-order valence-corrected chi connectivity index (χ2v) is 4.26. The number of hydrogen-bond acceptors (Lipinski definition) is 4. The van der Waals surface area contributed by atoms with E-state index < -0.39 is 6.10 Å². The third-order valence-corrected chi connectivity index (χ3v) is 2.89. The summed E-state index contributed by atoms with van der Waals surface area (Å²) in [4.78, 5) is 12.1. The lowest BCUT2D eigenvalue weighted by molar-refractivity contribution is -0.125. The molecule has 1 aliphatic rings. The summed E-state index contributed by atoms with van der Waals surface area (Å²) in [5, 5.41) is 9.35. The van der Waals surface area contributed by atoms with Crippen LogP contribution in [0, 0.1) is 6.92 Å². The SMILES string of the molecule is Cc1[nH]ncc1NC(=O)[C@H]1COc2ccccc2O1. The highest BCUT2D eigenvalue weighted by molar-refractivity contribution is 5.95. The molecule has 2 aromatic rings. The van der Waals surface area contributed by atoms with E-state index in [2.05, 4.69) is 15.5 Å². The van der Waals surface area contributed by atoms with Gasteiger partial charge in [-0.25, -0.2) is 0 Å². The topological polar surface area (TPSA) is 76.2 Å². The van der Waals surface area contributed by atoms with Crippen molar-refractivity contribution in [3.05, 3.63) is 36.2 Å². The molecule has 6 heteroatoms. The number of hydrogen-bond donors (Lipinski definition) is 2. The molecule has 1 amide bonds. The van der Waals surface area contributed by atoms with Crippen molar-refractivity contribution in [3.8, 4) is 11.5 Å². The molecule has 2 N–H and O–H groups in total. The zero-order chi connectivity index (χ0) is 13.2. The van der Waals surface area contributed by atoms with Gasteiger partial charge < -0.3 is 14.8 Å². The Hall–Kier alpha value is -2.50. The molecule has 0 saturated heterocycles. The highest BCUT2D eigenvalue weighted by Crippen LogP contribution is 2.31. The number of anilines is 1. The summed E-state index contributed by atoms with van der Waals surface area (Å²) in [5.74, 6) is 0.989. The average molecular weight is 259 g/mol. The fraction of sp³-hybridized carbons (Fsp3) is 0.231. The molecule has 6 nitrogen and oxygen atoms in total. The second-order valence-electron chi connectivity index (χ2n) is 4.26. The molecule has 1 aromatic heterocycles. The molecule has 19 heavy (non-hydrogen) atoms. The first kappa shape index (κ1) is 11.6. The summed E-state index contributed by atoms with van der Waals surface area (Å²) in [7, 11) is 0. The molecule has 0 saturated carbocycles. The van der Waals surface area contributed by atoms with Crippen LogP contribution in [0.1, 0.15) is 5.69 Å². The van der Waals surface area contributed by atoms with Gasteiger partial charge in [0.1, 0.15) is 6.61 Å². The Bertz CT molecular complexity index is 609. The molecule has 0 radical (unpaired) electrons. The van der Waals surface area contributed by atoms with Gasteiger partial charge in [-0.15, -0.1) is 0 Å². The smallest absolute Gasteiger partial charge is 0.269 e. The van der Waals surface area contributed by atoms with Crippen LogP contribution in [0.5, 0.6) is 11.5 Å². The van der Waals surface area contributed by atoms with E-state index in [4.69, 9.17) is 9.47 Å². The van der Waals surface area contributed by atoms with Crippen molar-refractivity contribution < 1.29 is 14.3 Å². The minimum absolute atomic E-state index is 0.194. The van der Waals surface area contributed by atoms with Crippen LogP contribution >= 0.6 is 0 Å². The number of benzene rings is 1. The molecular weight excluding hydrogens is 246 g/mol. The van der Waals surface area contributed by atoms with Crippen molar-refractivity contribution in [1.82, 2.24) is 10.2 Å². The quantitative estimate of drug-likeness (QED) is 0.856. The Labute approximate surface area is 109 Å². The predicted octanol–water partition coefficient (Wildman–Crippen LogP) is 1.50. The number of fused-ring (bicyclic) bond motifs is 1. The number of carbonyl (C=O) groups excluding carboxylic acids is 1. The lowest BCUT2D eigenvalue weighted by Crippen LogP contribution is -2.40. The molecule has 1 aliphatic heterocycles. The largest absolute Gasteiger partial charge is 0.485 e. The third kappa shape index (κ3) is 2.24. The Balaban J connectivity index is 1.71. The molecule has 1 aromatic carbocycles. The van der Waals surface area contributed by atoms with Gasteiger partial charge in [0.05, 0.1) is 17.6 Å². The van der Waals surface area contributed by atoms with Gasteiger partial charge in [0.15, 0.2) is 11.5 Å². The van der Waals surface area contributed by atoms with Crippen LogP contribution in [0.4, 0.5) is 5.69 Å². The van der Waals surface area contributed by atoms with Crippen molar-refractivity contribution in [1.29, 1.82) is 0 Å². The van der Waals surface area contributed by atoms with Gasteiger partial charge in [-0.05, 0) is 19.1 Å². The summed E-state index contributed by atoms with van der Waals surface area (Å²) >= 11 is 0. The summed E-state index contributed by atoms with van der Waals surface area (Å²) in [5.41, 5.74) is 1.44. The summed E-state index contributed by atoms with van der Waals surface area (Å²) in [6, 6.07) is 7.28. The summed E-state index contributed by atoms with van der Waals surface area (Å²) in [6.07, 6.45) is 0.898.